The Morgan fingerprint density at radius 3 is 2.35 bits per heavy atom. The van der Waals surface area contributed by atoms with Crippen LogP contribution in [0, 0.1) is 0 Å². The van der Waals surface area contributed by atoms with Gasteiger partial charge < -0.3 is 4.74 Å². The van der Waals surface area contributed by atoms with Gasteiger partial charge in [-0.15, -0.1) is 11.3 Å². The Hall–Kier alpha value is -2.99. The van der Waals surface area contributed by atoms with Gasteiger partial charge in [-0.25, -0.2) is 4.98 Å². The Kier molecular flexibility index (Phi) is 5.43. The van der Waals surface area contributed by atoms with E-state index in [1.165, 1.54) is 23.2 Å². The van der Waals surface area contributed by atoms with E-state index in [2.05, 4.69) is 4.98 Å². The lowest BCUT2D eigenvalue weighted by Crippen LogP contribution is -2.22. The van der Waals surface area contributed by atoms with Crippen LogP contribution >= 0.6 is 11.3 Å². The van der Waals surface area contributed by atoms with E-state index in [9.17, 15) is 9.59 Å². The van der Waals surface area contributed by atoms with Crippen molar-refractivity contribution in [3.63, 3.8) is 0 Å². The Labute approximate surface area is 155 Å². The molecule has 0 bridgehead atoms. The highest BCUT2D eigenvalue weighted by atomic mass is 32.1. The molecular weight excluding hydrogens is 348 g/mol. The number of thiazole rings is 1. The molecule has 0 N–H and O–H groups in total. The summed E-state index contributed by atoms with van der Waals surface area (Å²) in [7, 11) is 1.69. The van der Waals surface area contributed by atoms with E-state index in [4.69, 9.17) is 4.74 Å². The standard InChI is InChI=1S/C20H18N2O3S/c1-14(23)22(2)20-21-17(13-26-20)12-25-18-10-8-16(9-11-18)19(24)15-6-4-3-5-7-15/h3-11,13H,12H2,1-2H3. The summed E-state index contributed by atoms with van der Waals surface area (Å²) < 4.78 is 5.72. The fraction of sp³-hybridized carbons (Fsp3) is 0.150. The summed E-state index contributed by atoms with van der Waals surface area (Å²) in [4.78, 5) is 29.6. The third kappa shape index (κ3) is 4.15. The molecule has 3 aromatic rings. The first-order chi connectivity index (χ1) is 12.5. The van der Waals surface area contributed by atoms with Crippen LogP contribution in [0.2, 0.25) is 0 Å². The van der Waals surface area contributed by atoms with E-state index in [1.54, 1.807) is 43.4 Å². The lowest BCUT2D eigenvalue weighted by atomic mass is 10.0. The average Bonchev–Trinajstić information content (AvgIpc) is 3.15. The van der Waals surface area contributed by atoms with Gasteiger partial charge in [-0.3, -0.25) is 14.5 Å². The molecule has 0 aliphatic heterocycles. The van der Waals surface area contributed by atoms with Gasteiger partial charge in [0.1, 0.15) is 12.4 Å². The Bertz CT molecular complexity index is 904. The highest BCUT2D eigenvalue weighted by Crippen LogP contribution is 2.21. The molecule has 0 fully saturated rings. The predicted octanol–water partition coefficient (Wildman–Crippen LogP) is 3.94. The van der Waals surface area contributed by atoms with E-state index >= 15 is 0 Å². The molecule has 6 heteroatoms. The summed E-state index contributed by atoms with van der Waals surface area (Å²) in [5, 5.41) is 2.50. The second-order valence-electron chi connectivity index (χ2n) is 5.71. The molecule has 0 unspecified atom stereocenters. The number of carbonyl (C=O) groups excluding carboxylic acids is 2. The largest absolute Gasteiger partial charge is 0.487 e. The van der Waals surface area contributed by atoms with Gasteiger partial charge >= 0.3 is 0 Å². The minimum absolute atomic E-state index is 0.0198. The summed E-state index contributed by atoms with van der Waals surface area (Å²) in [6.07, 6.45) is 0. The maximum atomic E-state index is 12.4. The minimum atomic E-state index is -0.0644. The van der Waals surface area contributed by atoms with E-state index in [1.807, 2.05) is 23.6 Å². The van der Waals surface area contributed by atoms with Crippen LogP contribution < -0.4 is 9.64 Å². The zero-order valence-electron chi connectivity index (χ0n) is 14.5. The molecule has 5 nitrogen and oxygen atoms in total. The van der Waals surface area contributed by atoms with Crippen LogP contribution in [0.25, 0.3) is 0 Å². The number of hydrogen-bond acceptors (Lipinski definition) is 5. The van der Waals surface area contributed by atoms with Crippen molar-refractivity contribution in [2.45, 2.75) is 13.5 Å². The molecule has 0 spiro atoms. The Balaban J connectivity index is 1.61. The van der Waals surface area contributed by atoms with Gasteiger partial charge in [0.15, 0.2) is 10.9 Å². The molecule has 0 aliphatic rings. The van der Waals surface area contributed by atoms with Gasteiger partial charge in [0, 0.05) is 30.5 Å². The van der Waals surface area contributed by atoms with Gasteiger partial charge in [-0.2, -0.15) is 0 Å². The summed E-state index contributed by atoms with van der Waals surface area (Å²) in [5.41, 5.74) is 2.02. The zero-order chi connectivity index (χ0) is 18.5. The van der Waals surface area contributed by atoms with E-state index in [-0.39, 0.29) is 11.7 Å². The van der Waals surface area contributed by atoms with Gasteiger partial charge in [0.05, 0.1) is 5.69 Å². The molecule has 3 rings (SSSR count). The van der Waals surface area contributed by atoms with Crippen LogP contribution in [0.1, 0.15) is 28.5 Å². The summed E-state index contributed by atoms with van der Waals surface area (Å²) in [5.74, 6) is 0.572. The summed E-state index contributed by atoms with van der Waals surface area (Å²) >= 11 is 1.39. The number of nitrogens with zero attached hydrogens (tertiary/aromatic N) is 2. The second-order valence-corrected chi connectivity index (χ2v) is 6.54. The molecule has 1 aromatic heterocycles. The van der Waals surface area contributed by atoms with Crippen molar-refractivity contribution < 1.29 is 14.3 Å². The first-order valence-corrected chi connectivity index (χ1v) is 8.94. The first-order valence-electron chi connectivity index (χ1n) is 8.06. The third-order valence-corrected chi connectivity index (χ3v) is 4.80. The second kappa shape index (κ2) is 7.93. The maximum absolute atomic E-state index is 12.4. The molecule has 0 aliphatic carbocycles. The topological polar surface area (TPSA) is 59.5 Å². The molecule has 0 saturated carbocycles. The molecule has 26 heavy (non-hydrogen) atoms. The number of benzene rings is 2. The number of rotatable bonds is 6. The number of aromatic nitrogens is 1. The lowest BCUT2D eigenvalue weighted by Gasteiger charge is -2.09. The molecule has 1 heterocycles. The normalized spacial score (nSPS) is 10.4. The van der Waals surface area contributed by atoms with Gasteiger partial charge in [0.25, 0.3) is 0 Å². The number of hydrogen-bond donors (Lipinski definition) is 0. The Morgan fingerprint density at radius 1 is 1.04 bits per heavy atom. The van der Waals surface area contributed by atoms with Crippen molar-refractivity contribution >= 4 is 28.2 Å². The maximum Gasteiger partial charge on any atom is 0.225 e. The van der Waals surface area contributed by atoms with Crippen LogP contribution in [0.3, 0.4) is 0 Å². The third-order valence-electron chi connectivity index (χ3n) is 3.84. The van der Waals surface area contributed by atoms with Crippen LogP contribution in [0.5, 0.6) is 5.75 Å². The molecule has 0 radical (unpaired) electrons. The number of anilines is 1. The summed E-state index contributed by atoms with van der Waals surface area (Å²) in [6, 6.07) is 16.2. The fourth-order valence-corrected chi connectivity index (χ4v) is 3.09. The molecule has 0 atom stereocenters. The lowest BCUT2D eigenvalue weighted by molar-refractivity contribution is -0.116. The van der Waals surface area contributed by atoms with Crippen molar-refractivity contribution in [2.75, 3.05) is 11.9 Å². The van der Waals surface area contributed by atoms with Crippen molar-refractivity contribution in [1.82, 2.24) is 4.98 Å². The molecular formula is C20H18N2O3S. The van der Waals surface area contributed by atoms with Crippen LogP contribution in [-0.2, 0) is 11.4 Å². The first kappa shape index (κ1) is 17.8. The average molecular weight is 366 g/mol. The van der Waals surface area contributed by atoms with Gasteiger partial charge in [0.2, 0.25) is 5.91 Å². The summed E-state index contributed by atoms with van der Waals surface area (Å²) in [6.45, 7) is 1.80. The SMILES string of the molecule is CC(=O)N(C)c1nc(COc2ccc(C(=O)c3ccccc3)cc2)cs1. The number of ketones is 1. The monoisotopic (exact) mass is 366 g/mol. The predicted molar refractivity (Wildman–Crippen MR) is 102 cm³/mol. The number of carbonyl (C=O) groups is 2. The van der Waals surface area contributed by atoms with Crippen molar-refractivity contribution in [2.24, 2.45) is 0 Å². The van der Waals surface area contributed by atoms with Crippen LogP contribution in [0.15, 0.2) is 60.0 Å². The highest BCUT2D eigenvalue weighted by molar-refractivity contribution is 7.14. The zero-order valence-corrected chi connectivity index (χ0v) is 15.3. The van der Waals surface area contributed by atoms with E-state index < -0.39 is 0 Å². The van der Waals surface area contributed by atoms with Crippen molar-refractivity contribution in [3.8, 4) is 5.75 Å². The van der Waals surface area contributed by atoms with E-state index in [0.29, 0.717) is 28.6 Å². The number of ether oxygens (including phenoxy) is 1. The van der Waals surface area contributed by atoms with Gasteiger partial charge in [-0.05, 0) is 24.3 Å². The Morgan fingerprint density at radius 2 is 1.69 bits per heavy atom. The quantitative estimate of drug-likeness (QED) is 0.620. The molecule has 2 aromatic carbocycles. The fourth-order valence-electron chi connectivity index (χ4n) is 2.27. The highest BCUT2D eigenvalue weighted by Gasteiger charge is 2.11. The smallest absolute Gasteiger partial charge is 0.225 e. The molecule has 132 valence electrons. The van der Waals surface area contributed by atoms with Crippen LogP contribution in [0.4, 0.5) is 5.13 Å². The molecule has 1 amide bonds. The van der Waals surface area contributed by atoms with Crippen LogP contribution in [-0.4, -0.2) is 23.7 Å². The van der Waals surface area contributed by atoms with Gasteiger partial charge in [-0.1, -0.05) is 30.3 Å². The number of amides is 1. The van der Waals surface area contributed by atoms with Crippen molar-refractivity contribution in [3.05, 3.63) is 76.8 Å². The molecule has 0 saturated heterocycles. The van der Waals surface area contributed by atoms with E-state index in [0.717, 1.165) is 5.69 Å². The van der Waals surface area contributed by atoms with Crippen molar-refractivity contribution in [1.29, 1.82) is 0 Å². The minimum Gasteiger partial charge on any atom is -0.487 e.